The average Bonchev–Trinajstić information content (AvgIpc) is 3.39. The van der Waals surface area contributed by atoms with Crippen LogP contribution >= 0.6 is 0 Å². The van der Waals surface area contributed by atoms with Crippen LogP contribution in [0.4, 0.5) is 5.82 Å². The predicted molar refractivity (Wildman–Crippen MR) is 140 cm³/mol. The summed E-state index contributed by atoms with van der Waals surface area (Å²) in [5.74, 6) is 0.224. The van der Waals surface area contributed by atoms with Crippen LogP contribution in [0.2, 0.25) is 0 Å². The molecule has 1 saturated heterocycles. The molecular formula is C26H37N7O4. The summed E-state index contributed by atoms with van der Waals surface area (Å²) in [7, 11) is 1.91. The van der Waals surface area contributed by atoms with E-state index < -0.39 is 24.5 Å². The van der Waals surface area contributed by atoms with Crippen molar-refractivity contribution in [3.05, 3.63) is 48.0 Å². The second kappa shape index (κ2) is 11.1. The lowest BCUT2D eigenvalue weighted by Gasteiger charge is -2.22. The molecule has 0 aliphatic carbocycles. The van der Waals surface area contributed by atoms with E-state index >= 15 is 0 Å². The Kier molecular flexibility index (Phi) is 8.08. The number of aliphatic hydroxyl groups is 2. The lowest BCUT2D eigenvalue weighted by atomic mass is 9.86. The van der Waals surface area contributed by atoms with Gasteiger partial charge < -0.3 is 30.9 Å². The van der Waals surface area contributed by atoms with Crippen molar-refractivity contribution in [3.63, 3.8) is 0 Å². The third-order valence-corrected chi connectivity index (χ3v) is 6.71. The molecule has 0 spiro atoms. The first-order valence-corrected chi connectivity index (χ1v) is 12.5. The molecule has 0 saturated carbocycles. The highest BCUT2D eigenvalue weighted by molar-refractivity contribution is 5.81. The number of aliphatic hydroxyl groups excluding tert-OH is 2. The zero-order valence-electron chi connectivity index (χ0n) is 21.8. The van der Waals surface area contributed by atoms with E-state index in [2.05, 4.69) is 53.2 Å². The highest BCUT2D eigenvalue weighted by atomic mass is 16.6. The molecule has 1 aromatic carbocycles. The highest BCUT2D eigenvalue weighted by Gasteiger charge is 2.44. The van der Waals surface area contributed by atoms with Gasteiger partial charge in [-0.1, -0.05) is 45.0 Å². The van der Waals surface area contributed by atoms with Crippen LogP contribution in [-0.2, 0) is 21.4 Å². The van der Waals surface area contributed by atoms with Gasteiger partial charge in [0, 0.05) is 13.1 Å². The molecule has 0 radical (unpaired) electrons. The Morgan fingerprint density at radius 1 is 1.16 bits per heavy atom. The molecule has 3 aromatic rings. The Morgan fingerprint density at radius 2 is 1.89 bits per heavy atom. The van der Waals surface area contributed by atoms with Gasteiger partial charge in [0.1, 0.15) is 30.2 Å². The summed E-state index contributed by atoms with van der Waals surface area (Å²) in [6.07, 6.45) is 0.211. The Balaban J connectivity index is 1.21. The van der Waals surface area contributed by atoms with Crippen LogP contribution in [0.5, 0.6) is 0 Å². The van der Waals surface area contributed by atoms with Crippen molar-refractivity contribution in [1.82, 2.24) is 29.7 Å². The fraction of sp³-hybridized carbons (Fsp3) is 0.538. The van der Waals surface area contributed by atoms with Gasteiger partial charge in [-0.3, -0.25) is 9.36 Å². The second-order valence-corrected chi connectivity index (χ2v) is 10.7. The number of ether oxygens (including phenoxy) is 1. The molecule has 4 unspecified atom stereocenters. The van der Waals surface area contributed by atoms with Crippen molar-refractivity contribution >= 4 is 22.9 Å². The molecule has 37 heavy (non-hydrogen) atoms. The molecule has 11 heteroatoms. The molecule has 3 heterocycles. The Bertz CT molecular complexity index is 1210. The molecule has 4 atom stereocenters. The van der Waals surface area contributed by atoms with Gasteiger partial charge in [0.05, 0.1) is 12.7 Å². The highest BCUT2D eigenvalue weighted by Crippen LogP contribution is 2.32. The number of anilines is 1. The standard InChI is InChI=1S/C26H37N7O4/c1-26(2,3)17-8-6-16(7-9-17)12-19(34)28-10-5-11-32(4)13-18-21(35)22(36)25(37-18)33-15-31-20-23(27)29-14-30-24(20)33/h6-9,14-15,18,21-22,25,35-36H,5,10-13H2,1-4H3,(H,28,34)(H2,27,29,30). The van der Waals surface area contributed by atoms with E-state index in [1.54, 1.807) is 4.57 Å². The van der Waals surface area contributed by atoms with Crippen molar-refractivity contribution in [3.8, 4) is 0 Å². The van der Waals surface area contributed by atoms with Gasteiger partial charge in [-0.2, -0.15) is 0 Å². The smallest absolute Gasteiger partial charge is 0.224 e. The van der Waals surface area contributed by atoms with Crippen LogP contribution < -0.4 is 11.1 Å². The first-order chi connectivity index (χ1) is 17.5. The summed E-state index contributed by atoms with van der Waals surface area (Å²) in [5, 5.41) is 24.2. The van der Waals surface area contributed by atoms with Gasteiger partial charge in [0.15, 0.2) is 17.7 Å². The number of nitrogens with two attached hydrogens (primary N) is 1. The monoisotopic (exact) mass is 511 g/mol. The van der Waals surface area contributed by atoms with E-state index in [1.807, 2.05) is 24.1 Å². The van der Waals surface area contributed by atoms with Crippen LogP contribution in [0.1, 0.15) is 44.5 Å². The summed E-state index contributed by atoms with van der Waals surface area (Å²) in [4.78, 5) is 26.7. The number of carbonyl (C=O) groups is 1. The van der Waals surface area contributed by atoms with E-state index in [1.165, 1.54) is 18.2 Å². The van der Waals surface area contributed by atoms with Gasteiger partial charge in [-0.15, -0.1) is 0 Å². The first-order valence-electron chi connectivity index (χ1n) is 12.5. The largest absolute Gasteiger partial charge is 0.387 e. The van der Waals surface area contributed by atoms with E-state index in [0.717, 1.165) is 12.0 Å². The minimum atomic E-state index is -1.15. The number of nitrogens with zero attached hydrogens (tertiary/aromatic N) is 5. The SMILES string of the molecule is CN(CCCNC(=O)Cc1ccc(C(C)(C)C)cc1)CC1OC(n2cnc3c(N)ncnc32)C(O)C1O. The zero-order chi connectivity index (χ0) is 26.7. The number of hydrogen-bond donors (Lipinski definition) is 4. The number of benzene rings is 1. The van der Waals surface area contributed by atoms with Gasteiger partial charge in [0.2, 0.25) is 5.91 Å². The van der Waals surface area contributed by atoms with Gasteiger partial charge >= 0.3 is 0 Å². The van der Waals surface area contributed by atoms with Crippen LogP contribution in [0.25, 0.3) is 11.2 Å². The van der Waals surface area contributed by atoms with E-state index in [0.29, 0.717) is 37.2 Å². The second-order valence-electron chi connectivity index (χ2n) is 10.7. The molecule has 1 amide bonds. The van der Waals surface area contributed by atoms with E-state index in [-0.39, 0.29) is 17.1 Å². The summed E-state index contributed by atoms with van der Waals surface area (Å²) < 4.78 is 7.56. The lowest BCUT2D eigenvalue weighted by molar-refractivity contribution is -0.120. The first kappa shape index (κ1) is 26.9. The maximum absolute atomic E-state index is 12.3. The molecule has 2 aromatic heterocycles. The Hall–Kier alpha value is -3.12. The molecule has 1 aliphatic rings. The Morgan fingerprint density at radius 3 is 2.59 bits per heavy atom. The summed E-state index contributed by atoms with van der Waals surface area (Å²) in [5.41, 5.74) is 9.01. The minimum absolute atomic E-state index is 0.0105. The summed E-state index contributed by atoms with van der Waals surface area (Å²) >= 11 is 0. The minimum Gasteiger partial charge on any atom is -0.387 e. The third-order valence-electron chi connectivity index (χ3n) is 6.71. The number of amides is 1. The van der Waals surface area contributed by atoms with Crippen LogP contribution in [0, 0.1) is 0 Å². The number of fused-ring (bicyclic) bond motifs is 1. The number of hydrogen-bond acceptors (Lipinski definition) is 9. The normalized spacial score (nSPS) is 22.1. The number of likely N-dealkylation sites (N-methyl/N-ethyl adjacent to an activating group) is 1. The summed E-state index contributed by atoms with van der Waals surface area (Å²) in [6, 6.07) is 8.18. The molecule has 200 valence electrons. The zero-order valence-corrected chi connectivity index (χ0v) is 21.8. The molecule has 1 fully saturated rings. The number of aromatic nitrogens is 4. The maximum Gasteiger partial charge on any atom is 0.224 e. The topological polar surface area (TPSA) is 152 Å². The maximum atomic E-state index is 12.3. The lowest BCUT2D eigenvalue weighted by Crippen LogP contribution is -2.39. The van der Waals surface area contributed by atoms with Crippen LogP contribution in [0.3, 0.4) is 0 Å². The van der Waals surface area contributed by atoms with Crippen molar-refractivity contribution in [2.75, 3.05) is 32.4 Å². The molecule has 5 N–H and O–H groups in total. The fourth-order valence-corrected chi connectivity index (χ4v) is 4.51. The van der Waals surface area contributed by atoms with Crippen molar-refractivity contribution in [2.45, 2.75) is 63.6 Å². The van der Waals surface area contributed by atoms with Crippen molar-refractivity contribution in [2.24, 2.45) is 0 Å². The van der Waals surface area contributed by atoms with Crippen molar-refractivity contribution < 1.29 is 19.7 Å². The number of imidazole rings is 1. The number of carbonyl (C=O) groups excluding carboxylic acids is 1. The van der Waals surface area contributed by atoms with Gasteiger partial charge in [0.25, 0.3) is 0 Å². The van der Waals surface area contributed by atoms with Crippen molar-refractivity contribution in [1.29, 1.82) is 0 Å². The number of nitrogens with one attached hydrogen (secondary N) is 1. The molecule has 11 nitrogen and oxygen atoms in total. The molecular weight excluding hydrogens is 474 g/mol. The average molecular weight is 512 g/mol. The molecule has 1 aliphatic heterocycles. The third kappa shape index (κ3) is 6.24. The quantitative estimate of drug-likeness (QED) is 0.308. The van der Waals surface area contributed by atoms with Crippen LogP contribution in [0.15, 0.2) is 36.9 Å². The number of nitrogen functional groups attached to an aromatic ring is 1. The summed E-state index contributed by atoms with van der Waals surface area (Å²) in [6.45, 7) is 8.14. The molecule has 4 rings (SSSR count). The fourth-order valence-electron chi connectivity index (χ4n) is 4.51. The Labute approximate surface area is 216 Å². The van der Waals surface area contributed by atoms with E-state index in [9.17, 15) is 15.0 Å². The van der Waals surface area contributed by atoms with Crippen LogP contribution in [-0.4, -0.2) is 85.5 Å². The number of rotatable bonds is 9. The predicted octanol–water partition coefficient (Wildman–Crippen LogP) is 1.01. The molecule has 0 bridgehead atoms. The van der Waals surface area contributed by atoms with Gasteiger partial charge in [-0.25, -0.2) is 15.0 Å². The van der Waals surface area contributed by atoms with Gasteiger partial charge in [-0.05, 0) is 36.6 Å². The van der Waals surface area contributed by atoms with E-state index in [4.69, 9.17) is 10.5 Å².